The number of esters is 1. The Morgan fingerprint density at radius 3 is 2.39 bits per heavy atom. The van der Waals surface area contributed by atoms with Crippen molar-refractivity contribution in [3.8, 4) is 11.3 Å². The number of ketones is 1. The van der Waals surface area contributed by atoms with E-state index in [9.17, 15) is 23.4 Å². The highest BCUT2D eigenvalue weighted by atomic mass is 32.2. The topological polar surface area (TPSA) is 196 Å². The molecular formula is C47H79FN8O9S. The third-order valence-corrected chi connectivity index (χ3v) is 13.5. The highest BCUT2D eigenvalue weighted by Gasteiger charge is 2.59. The van der Waals surface area contributed by atoms with Crippen LogP contribution in [0.1, 0.15) is 87.0 Å². The number of nitrogens with two attached hydrogens (primary N) is 1. The average Bonchev–Trinajstić information content (AvgIpc) is 3.84. The molecule has 17 nitrogen and oxygen atoms in total. The van der Waals surface area contributed by atoms with Gasteiger partial charge in [0.25, 0.3) is 0 Å². The summed E-state index contributed by atoms with van der Waals surface area (Å²) in [5.41, 5.74) is 5.93. The standard InChI is InChI=1S/C46H76N8O9.CH3FS/c1-13-37-46(7)40(54(44(58)63-46)21-15-14-20-53-27-35(49-50-53)32-17-16-18-33(47)24-32)34(19-22-51(8)9)48-26-28(2)25-45(6,59-12)41(30(4)38(55)31(5)42(57)61-37)62-43-39(56)36(52(10)11)23-29(3)60-43;1-3-2/h16-18,24,27-31,34,36-37,39-41,43,48,56H,13-15,19-23,25-26,47H2,1-12H3;1H3/t28-,29?,30+,31-,34-,36?,37-,39?,40-,41-,43+,45-,46-;/m1./s1. The number of unbranched alkanes of at least 4 members (excludes halogenated alkanes) is 1. The van der Waals surface area contributed by atoms with E-state index < -0.39 is 71.5 Å². The molecule has 0 bridgehead atoms. The first-order valence-corrected chi connectivity index (χ1v) is 24.5. The molecule has 1 aromatic carbocycles. The number of ether oxygens (including phenoxy) is 5. The monoisotopic (exact) mass is 951 g/mol. The fraction of sp³-hybridized carbons (Fsp3) is 0.766. The minimum Gasteiger partial charge on any atom is -0.458 e. The molecule has 4 N–H and O–H groups in total. The van der Waals surface area contributed by atoms with Gasteiger partial charge in [0.1, 0.15) is 23.8 Å². The number of Topliss-reactive ketones (excluding diaryl/α,β-unsaturated/α-hetero) is 1. The van der Waals surface area contributed by atoms with E-state index in [-0.39, 0.29) is 36.3 Å². The van der Waals surface area contributed by atoms with Gasteiger partial charge in [0.05, 0.1) is 30.0 Å². The van der Waals surface area contributed by atoms with Gasteiger partial charge in [-0.15, -0.1) is 5.10 Å². The second kappa shape index (κ2) is 24.7. The average molecular weight is 951 g/mol. The van der Waals surface area contributed by atoms with E-state index in [2.05, 4.69) is 27.5 Å². The Morgan fingerprint density at radius 1 is 1.09 bits per heavy atom. The van der Waals surface area contributed by atoms with Crippen molar-refractivity contribution in [1.82, 2.24) is 35.0 Å². The zero-order chi connectivity index (χ0) is 49.1. The molecule has 0 saturated carbocycles. The number of benzene rings is 1. The highest BCUT2D eigenvalue weighted by molar-refractivity contribution is 7.93. The lowest BCUT2D eigenvalue weighted by Gasteiger charge is -2.46. The summed E-state index contributed by atoms with van der Waals surface area (Å²) < 4.78 is 43.9. The lowest BCUT2D eigenvalue weighted by atomic mass is 9.78. The molecule has 66 heavy (non-hydrogen) atoms. The number of nitrogen functional groups attached to an aromatic ring is 1. The zero-order valence-electron chi connectivity index (χ0n) is 41.6. The summed E-state index contributed by atoms with van der Waals surface area (Å²) in [6, 6.07) is 6.46. The van der Waals surface area contributed by atoms with Gasteiger partial charge in [-0.3, -0.25) is 19.2 Å². The number of hydrogen-bond acceptors (Lipinski definition) is 16. The maximum atomic E-state index is 14.5. The maximum absolute atomic E-state index is 14.5. The Labute approximate surface area is 396 Å². The molecule has 0 aliphatic carbocycles. The van der Waals surface area contributed by atoms with Crippen molar-refractivity contribution in [1.29, 1.82) is 0 Å². The Bertz CT molecular complexity index is 1860. The van der Waals surface area contributed by atoms with Crippen LogP contribution in [-0.4, -0.2) is 174 Å². The first-order valence-electron chi connectivity index (χ1n) is 23.4. The van der Waals surface area contributed by atoms with Crippen LogP contribution < -0.4 is 11.1 Å². The van der Waals surface area contributed by atoms with Crippen LogP contribution in [0.2, 0.25) is 0 Å². The van der Waals surface area contributed by atoms with Crippen molar-refractivity contribution in [2.45, 2.75) is 154 Å². The van der Waals surface area contributed by atoms with Crippen LogP contribution in [0.3, 0.4) is 0 Å². The number of halogens is 1. The first-order chi connectivity index (χ1) is 31.1. The van der Waals surface area contributed by atoms with Crippen LogP contribution in [0.4, 0.5) is 14.4 Å². The molecule has 2 aromatic rings. The van der Waals surface area contributed by atoms with Gasteiger partial charge in [-0.2, -0.15) is 3.89 Å². The molecule has 4 heterocycles. The van der Waals surface area contributed by atoms with Crippen LogP contribution in [0.25, 0.3) is 11.3 Å². The molecule has 5 rings (SSSR count). The molecule has 3 fully saturated rings. The number of rotatable bonds is 14. The number of aryl methyl sites for hydroxylation is 1. The van der Waals surface area contributed by atoms with Gasteiger partial charge < -0.3 is 49.6 Å². The number of carbonyl (C=O) groups is 3. The first kappa shape index (κ1) is 55.2. The Balaban J connectivity index is 0.00000309. The molecule has 0 radical (unpaired) electrons. The van der Waals surface area contributed by atoms with Gasteiger partial charge in [0.2, 0.25) is 0 Å². The smallest absolute Gasteiger partial charge is 0.410 e. The van der Waals surface area contributed by atoms with Crippen LogP contribution in [-0.2, 0) is 39.8 Å². The van der Waals surface area contributed by atoms with E-state index in [4.69, 9.17) is 29.4 Å². The predicted molar refractivity (Wildman–Crippen MR) is 254 cm³/mol. The van der Waals surface area contributed by atoms with Gasteiger partial charge in [-0.05, 0) is 126 Å². The van der Waals surface area contributed by atoms with E-state index in [1.54, 1.807) is 30.5 Å². The quantitative estimate of drug-likeness (QED) is 0.0935. The number of anilines is 1. The van der Waals surface area contributed by atoms with Crippen molar-refractivity contribution in [2.24, 2.45) is 17.8 Å². The molecule has 374 valence electrons. The molecule has 3 saturated heterocycles. The Morgan fingerprint density at radius 2 is 1.77 bits per heavy atom. The maximum Gasteiger partial charge on any atom is 0.410 e. The number of aliphatic hydroxyl groups is 1. The number of methoxy groups -OCH3 is 1. The number of cyclic esters (lactones) is 1. The normalized spacial score (nSPS) is 33.7. The second-order valence-corrected chi connectivity index (χ2v) is 19.7. The van der Waals surface area contributed by atoms with E-state index in [0.29, 0.717) is 70.4 Å². The summed E-state index contributed by atoms with van der Waals surface area (Å²) in [4.78, 5) is 48.7. The molecule has 3 unspecified atom stereocenters. The van der Waals surface area contributed by atoms with Crippen molar-refractivity contribution in [3.05, 3.63) is 30.5 Å². The van der Waals surface area contributed by atoms with E-state index in [0.717, 1.165) is 11.3 Å². The van der Waals surface area contributed by atoms with Crippen LogP contribution in [0, 0.1) is 17.8 Å². The van der Waals surface area contributed by atoms with Gasteiger partial charge in [-0.1, -0.05) is 38.1 Å². The molecule has 3 aliphatic rings. The Kier molecular flexibility index (Phi) is 20.7. The summed E-state index contributed by atoms with van der Waals surface area (Å²) in [7, 11) is 9.44. The summed E-state index contributed by atoms with van der Waals surface area (Å²) in [6.45, 7) is 15.2. The highest BCUT2D eigenvalue weighted by Crippen LogP contribution is 2.41. The van der Waals surface area contributed by atoms with Crippen LogP contribution in [0.5, 0.6) is 0 Å². The second-order valence-electron chi connectivity index (χ2n) is 19.4. The third kappa shape index (κ3) is 13.6. The number of fused-ring (bicyclic) bond motifs is 1. The number of aliphatic hydroxyl groups excluding tert-OH is 1. The zero-order valence-corrected chi connectivity index (χ0v) is 42.4. The SMILES string of the molecule is CC[C@H]1OC(=O)[C@H](C)C(=O)[C@H](C)[C@@H](O[C@@H]2OC(C)CC(N(C)C)C2O)[C@](C)(OC)C[C@@H](C)CN[C@H](CCN(C)C)[C@H]2N(CCCCn3cc(-c4cccc(N)c4)nn3)C(=O)O[C@]12C.CSF. The summed E-state index contributed by atoms with van der Waals surface area (Å²) in [5, 5.41) is 24.0. The number of carbonyl (C=O) groups excluding carboxylic acids is 3. The Hall–Kier alpha value is -3.43. The van der Waals surface area contributed by atoms with E-state index >= 15 is 0 Å². The van der Waals surface area contributed by atoms with Gasteiger partial charge in [-0.25, -0.2) is 4.79 Å². The minimum absolute atomic E-state index is 0.0316. The number of nitrogens with zero attached hydrogens (tertiary/aromatic N) is 6. The molecule has 13 atom stereocenters. The summed E-state index contributed by atoms with van der Waals surface area (Å²) in [6.07, 6.45) is 2.16. The molecule has 1 aromatic heterocycles. The van der Waals surface area contributed by atoms with Gasteiger partial charge in [0, 0.05) is 67.9 Å². The lowest BCUT2D eigenvalue weighted by molar-refractivity contribution is -0.295. The number of aromatic nitrogens is 3. The van der Waals surface area contributed by atoms with E-state index in [1.165, 1.54) is 6.26 Å². The van der Waals surface area contributed by atoms with Gasteiger partial charge in [0.15, 0.2) is 17.7 Å². The van der Waals surface area contributed by atoms with E-state index in [1.807, 2.05) is 91.2 Å². The fourth-order valence-electron chi connectivity index (χ4n) is 9.93. The van der Waals surface area contributed by atoms with Crippen molar-refractivity contribution < 1.29 is 47.1 Å². The molecule has 0 spiro atoms. The summed E-state index contributed by atoms with van der Waals surface area (Å²) >= 11 is 0.250. The molecule has 3 aliphatic heterocycles. The molecular weight excluding hydrogens is 872 g/mol. The fourth-order valence-corrected chi connectivity index (χ4v) is 9.93. The van der Waals surface area contributed by atoms with Crippen molar-refractivity contribution >= 4 is 35.7 Å². The van der Waals surface area contributed by atoms with Crippen molar-refractivity contribution in [2.75, 3.05) is 66.9 Å². The summed E-state index contributed by atoms with van der Waals surface area (Å²) in [5.74, 6) is -3.20. The minimum atomic E-state index is -1.26. The third-order valence-electron chi connectivity index (χ3n) is 13.5. The van der Waals surface area contributed by atoms with Gasteiger partial charge >= 0.3 is 12.1 Å². The van der Waals surface area contributed by atoms with Crippen LogP contribution >= 0.6 is 12.1 Å². The largest absolute Gasteiger partial charge is 0.458 e. The number of amides is 1. The van der Waals surface area contributed by atoms with Crippen LogP contribution in [0.15, 0.2) is 30.5 Å². The molecule has 1 amide bonds. The van der Waals surface area contributed by atoms with Crippen molar-refractivity contribution in [3.63, 3.8) is 0 Å². The molecule has 19 heteroatoms. The number of hydrogen-bond donors (Lipinski definition) is 3. The number of nitrogens with one attached hydrogen (secondary N) is 1. The predicted octanol–water partition coefficient (Wildman–Crippen LogP) is 5.45. The number of likely N-dealkylation sites (N-methyl/N-ethyl adjacent to an activating group) is 1. The lowest BCUT2D eigenvalue weighted by Crippen LogP contribution is -2.62.